The van der Waals surface area contributed by atoms with E-state index in [-0.39, 0.29) is 5.91 Å². The number of nitrogens with zero attached hydrogens (tertiary/aromatic N) is 1. The van der Waals surface area contributed by atoms with Gasteiger partial charge in [0.25, 0.3) is 0 Å². The molecule has 0 aromatic carbocycles. The fourth-order valence-electron chi connectivity index (χ4n) is 2.68. The molecule has 0 spiro atoms. The first-order chi connectivity index (χ1) is 7.37. The summed E-state index contributed by atoms with van der Waals surface area (Å²) in [5.74, 6) is -0.166. The molecule has 2 saturated carbocycles. The molecule has 2 unspecified atom stereocenters. The molecule has 2 rings (SSSR count). The van der Waals surface area contributed by atoms with Crippen LogP contribution in [-0.4, -0.2) is 41.3 Å². The molecule has 0 radical (unpaired) electrons. The lowest BCUT2D eigenvalue weighted by Crippen LogP contribution is -2.44. The summed E-state index contributed by atoms with van der Waals surface area (Å²) in [6, 6.07) is 0. The van der Waals surface area contributed by atoms with Crippen molar-refractivity contribution in [1.82, 2.24) is 4.90 Å². The van der Waals surface area contributed by atoms with Crippen molar-refractivity contribution >= 4 is 5.91 Å². The van der Waals surface area contributed by atoms with Crippen LogP contribution in [0.3, 0.4) is 0 Å². The van der Waals surface area contributed by atoms with Gasteiger partial charge in [0.15, 0.2) is 0 Å². The number of carbonyl (C=O) groups excluding carboxylic acids is 1. The van der Waals surface area contributed by atoms with Gasteiger partial charge in [-0.3, -0.25) is 4.79 Å². The summed E-state index contributed by atoms with van der Waals surface area (Å²) < 4.78 is 13.1. The minimum atomic E-state index is -0.999. The Morgan fingerprint density at radius 1 is 1.50 bits per heavy atom. The van der Waals surface area contributed by atoms with Crippen LogP contribution in [0.4, 0.5) is 4.39 Å². The lowest BCUT2D eigenvalue weighted by Gasteiger charge is -2.30. The van der Waals surface area contributed by atoms with E-state index in [0.29, 0.717) is 13.0 Å². The average Bonchev–Trinajstić information content (AvgIpc) is 2.60. The molecular weight excluding hydrogens is 209 g/mol. The lowest BCUT2D eigenvalue weighted by molar-refractivity contribution is -0.139. The van der Waals surface area contributed by atoms with E-state index in [1.165, 1.54) is 4.90 Å². The van der Waals surface area contributed by atoms with Gasteiger partial charge in [-0.2, -0.15) is 0 Å². The molecule has 2 atom stereocenters. The maximum absolute atomic E-state index is 13.1. The van der Waals surface area contributed by atoms with Gasteiger partial charge in [-0.1, -0.05) is 12.8 Å². The number of hydrogen-bond donors (Lipinski definition) is 1. The number of likely N-dealkylation sites (N-methyl/N-ethyl adjacent to an activating group) is 1. The molecule has 2 aliphatic carbocycles. The third-order valence-electron chi connectivity index (χ3n) is 4.04. The predicted molar refractivity (Wildman–Crippen MR) is 58.7 cm³/mol. The minimum Gasteiger partial charge on any atom is -0.388 e. The second-order valence-corrected chi connectivity index (χ2v) is 5.68. The highest BCUT2D eigenvalue weighted by Crippen LogP contribution is 2.49. The molecule has 0 aromatic rings. The van der Waals surface area contributed by atoms with Crippen molar-refractivity contribution < 1.29 is 14.3 Å². The van der Waals surface area contributed by atoms with Crippen LogP contribution in [0, 0.1) is 5.41 Å². The van der Waals surface area contributed by atoms with Crippen LogP contribution in [0.1, 0.15) is 39.0 Å². The summed E-state index contributed by atoms with van der Waals surface area (Å²) in [6.45, 7) is 2.00. The predicted octanol–water partition coefficient (Wildman–Crippen LogP) is 1.50. The maximum Gasteiger partial charge on any atom is 0.231 e. The Bertz CT molecular complexity index is 301. The number of alkyl halides is 1. The van der Waals surface area contributed by atoms with E-state index in [4.69, 9.17) is 0 Å². The molecule has 92 valence electrons. The number of amides is 1. The van der Waals surface area contributed by atoms with Crippen LogP contribution in [0.25, 0.3) is 0 Å². The quantitative estimate of drug-likeness (QED) is 0.796. The summed E-state index contributed by atoms with van der Waals surface area (Å²) in [6.07, 6.45) is 2.86. The molecule has 0 saturated heterocycles. The maximum atomic E-state index is 13.1. The van der Waals surface area contributed by atoms with Crippen LogP contribution in [0.2, 0.25) is 0 Å². The van der Waals surface area contributed by atoms with Gasteiger partial charge < -0.3 is 10.0 Å². The van der Waals surface area contributed by atoms with Crippen LogP contribution in [-0.2, 0) is 4.79 Å². The van der Waals surface area contributed by atoms with Gasteiger partial charge in [0.05, 0.1) is 11.0 Å². The standard InChI is InChI=1S/C12H20FNO2/c1-11(7-9(11)13)10(15)14(2)8-12(16)5-3-4-6-12/h9,16H,3-8H2,1-2H3. The number of aliphatic hydroxyl groups is 1. The smallest absolute Gasteiger partial charge is 0.231 e. The van der Waals surface area contributed by atoms with Crippen LogP contribution < -0.4 is 0 Å². The molecule has 0 aliphatic heterocycles. The van der Waals surface area contributed by atoms with Crippen LogP contribution in [0.15, 0.2) is 0 Å². The van der Waals surface area contributed by atoms with Gasteiger partial charge in [0, 0.05) is 13.6 Å². The molecule has 0 aromatic heterocycles. The van der Waals surface area contributed by atoms with E-state index >= 15 is 0 Å². The van der Waals surface area contributed by atoms with Gasteiger partial charge in [0.1, 0.15) is 6.17 Å². The van der Waals surface area contributed by atoms with E-state index in [2.05, 4.69) is 0 Å². The van der Waals surface area contributed by atoms with Crippen molar-refractivity contribution in [3.8, 4) is 0 Å². The monoisotopic (exact) mass is 229 g/mol. The molecule has 1 N–H and O–H groups in total. The van der Waals surface area contributed by atoms with Gasteiger partial charge in [0.2, 0.25) is 5.91 Å². The summed E-state index contributed by atoms with van der Waals surface area (Å²) in [5.41, 5.74) is -1.55. The Balaban J connectivity index is 1.93. The Labute approximate surface area is 95.6 Å². The fourth-order valence-corrected chi connectivity index (χ4v) is 2.68. The van der Waals surface area contributed by atoms with Crippen molar-refractivity contribution in [3.05, 3.63) is 0 Å². The third kappa shape index (κ3) is 1.95. The second-order valence-electron chi connectivity index (χ2n) is 5.68. The van der Waals surface area contributed by atoms with Crippen molar-refractivity contribution in [1.29, 1.82) is 0 Å². The van der Waals surface area contributed by atoms with Gasteiger partial charge in [-0.05, 0) is 26.2 Å². The Kier molecular flexibility index (Phi) is 2.73. The zero-order chi connectivity index (χ0) is 12.0. The molecule has 2 aliphatic rings. The van der Waals surface area contributed by atoms with E-state index < -0.39 is 17.2 Å². The Hall–Kier alpha value is -0.640. The first-order valence-electron chi connectivity index (χ1n) is 5.99. The fraction of sp³-hybridized carbons (Fsp3) is 0.917. The Morgan fingerprint density at radius 3 is 2.44 bits per heavy atom. The van der Waals surface area contributed by atoms with Crippen molar-refractivity contribution in [2.75, 3.05) is 13.6 Å². The summed E-state index contributed by atoms with van der Waals surface area (Å²) in [7, 11) is 1.66. The first-order valence-corrected chi connectivity index (χ1v) is 5.99. The first kappa shape index (κ1) is 11.8. The average molecular weight is 229 g/mol. The largest absolute Gasteiger partial charge is 0.388 e. The molecule has 2 fully saturated rings. The number of carbonyl (C=O) groups is 1. The highest BCUT2D eigenvalue weighted by Gasteiger charge is 2.58. The van der Waals surface area contributed by atoms with Crippen LogP contribution >= 0.6 is 0 Å². The zero-order valence-corrected chi connectivity index (χ0v) is 10.0. The number of rotatable bonds is 3. The lowest BCUT2D eigenvalue weighted by atomic mass is 10.0. The highest BCUT2D eigenvalue weighted by molar-refractivity contribution is 5.86. The van der Waals surface area contributed by atoms with Crippen molar-refractivity contribution in [2.45, 2.75) is 50.8 Å². The normalized spacial score (nSPS) is 36.1. The van der Waals surface area contributed by atoms with Gasteiger partial charge in [-0.25, -0.2) is 4.39 Å². The SMILES string of the molecule is CN(CC1(O)CCCC1)C(=O)C1(C)CC1F. The van der Waals surface area contributed by atoms with Gasteiger partial charge in [-0.15, -0.1) is 0 Å². The molecule has 1 amide bonds. The van der Waals surface area contributed by atoms with Gasteiger partial charge >= 0.3 is 0 Å². The molecule has 3 nitrogen and oxygen atoms in total. The molecule has 0 heterocycles. The number of halogens is 1. The summed E-state index contributed by atoms with van der Waals surface area (Å²) >= 11 is 0. The summed E-state index contributed by atoms with van der Waals surface area (Å²) in [4.78, 5) is 13.4. The minimum absolute atomic E-state index is 0.166. The topological polar surface area (TPSA) is 40.5 Å². The van der Waals surface area contributed by atoms with Crippen molar-refractivity contribution in [3.63, 3.8) is 0 Å². The third-order valence-corrected chi connectivity index (χ3v) is 4.04. The van der Waals surface area contributed by atoms with E-state index in [1.807, 2.05) is 0 Å². The zero-order valence-electron chi connectivity index (χ0n) is 10.0. The molecule has 0 bridgehead atoms. The van der Waals surface area contributed by atoms with Crippen molar-refractivity contribution in [2.24, 2.45) is 5.41 Å². The van der Waals surface area contributed by atoms with E-state index in [0.717, 1.165) is 25.7 Å². The Morgan fingerprint density at radius 2 is 2.00 bits per heavy atom. The molecule has 4 heteroatoms. The van der Waals surface area contributed by atoms with Crippen LogP contribution in [0.5, 0.6) is 0 Å². The molecular formula is C12H20FNO2. The number of hydrogen-bond acceptors (Lipinski definition) is 2. The highest BCUT2D eigenvalue weighted by atomic mass is 19.1. The summed E-state index contributed by atoms with van der Waals surface area (Å²) in [5, 5.41) is 10.2. The second kappa shape index (κ2) is 3.69. The molecule has 16 heavy (non-hydrogen) atoms. The van der Waals surface area contributed by atoms with E-state index in [9.17, 15) is 14.3 Å². The van der Waals surface area contributed by atoms with E-state index in [1.54, 1.807) is 14.0 Å².